The van der Waals surface area contributed by atoms with E-state index in [0.717, 1.165) is 5.56 Å². The lowest BCUT2D eigenvalue weighted by molar-refractivity contribution is -0.139. The Morgan fingerprint density at radius 3 is 2.36 bits per heavy atom. The van der Waals surface area contributed by atoms with Crippen LogP contribution in [0.5, 0.6) is 0 Å². The third-order valence-electron chi connectivity index (χ3n) is 3.58. The third-order valence-corrected chi connectivity index (χ3v) is 4.04. The minimum absolute atomic E-state index is 0.154. The molecule has 2 aromatic rings. The number of carboxylic acids is 1. The number of aliphatic carboxylic acids is 1. The zero-order valence-corrected chi connectivity index (χ0v) is 13.9. The van der Waals surface area contributed by atoms with Crippen molar-refractivity contribution in [3.05, 3.63) is 71.3 Å². The number of benzene rings is 2. The van der Waals surface area contributed by atoms with Crippen LogP contribution in [0.25, 0.3) is 0 Å². The van der Waals surface area contributed by atoms with Gasteiger partial charge in [-0.2, -0.15) is 0 Å². The highest BCUT2D eigenvalue weighted by atomic mass is 35.5. The molecular weight excluding hydrogens is 344 g/mol. The van der Waals surface area contributed by atoms with Crippen LogP contribution in [0.15, 0.2) is 54.6 Å². The van der Waals surface area contributed by atoms with Crippen LogP contribution in [0.1, 0.15) is 26.9 Å². The fraction of sp³-hybridized carbons (Fsp3) is 0.167. The van der Waals surface area contributed by atoms with Crippen LogP contribution < -0.4 is 11.1 Å². The van der Waals surface area contributed by atoms with Crippen LogP contribution in [0.2, 0.25) is 0 Å². The number of carbonyl (C=O) groups excluding carboxylic acids is 2. The van der Waals surface area contributed by atoms with Gasteiger partial charge >= 0.3 is 5.97 Å². The second-order valence-electron chi connectivity index (χ2n) is 5.44. The Labute approximate surface area is 149 Å². The van der Waals surface area contributed by atoms with Crippen molar-refractivity contribution in [3.8, 4) is 0 Å². The number of rotatable bonds is 7. The first-order chi connectivity index (χ1) is 11.9. The maximum Gasteiger partial charge on any atom is 0.326 e. The maximum atomic E-state index is 12.4. The molecule has 0 radical (unpaired) electrons. The van der Waals surface area contributed by atoms with Gasteiger partial charge in [0.05, 0.1) is 0 Å². The van der Waals surface area contributed by atoms with Gasteiger partial charge in [0.15, 0.2) is 0 Å². The van der Waals surface area contributed by atoms with Crippen LogP contribution in [0, 0.1) is 0 Å². The van der Waals surface area contributed by atoms with E-state index in [1.807, 2.05) is 6.07 Å². The van der Waals surface area contributed by atoms with Gasteiger partial charge < -0.3 is 16.2 Å². The topological polar surface area (TPSA) is 109 Å². The first kappa shape index (κ1) is 18.5. The number of nitrogens with one attached hydrogen (secondary N) is 1. The zero-order valence-electron chi connectivity index (χ0n) is 13.2. The fourth-order valence-electron chi connectivity index (χ4n) is 2.29. The van der Waals surface area contributed by atoms with Crippen LogP contribution in [-0.2, 0) is 16.0 Å². The summed E-state index contributed by atoms with van der Waals surface area (Å²) in [6.45, 7) is 0. The van der Waals surface area contributed by atoms with E-state index in [1.165, 1.54) is 12.1 Å². The van der Waals surface area contributed by atoms with Gasteiger partial charge in [-0.3, -0.25) is 9.59 Å². The number of nitrogens with two attached hydrogens (primary N) is 1. The molecule has 0 fully saturated rings. The maximum absolute atomic E-state index is 12.4. The molecule has 0 aliphatic carbocycles. The molecule has 1 unspecified atom stereocenters. The van der Waals surface area contributed by atoms with Gasteiger partial charge in [0.2, 0.25) is 5.91 Å². The van der Waals surface area contributed by atoms with Gasteiger partial charge in [0.25, 0.3) is 5.91 Å². The van der Waals surface area contributed by atoms with Crippen molar-refractivity contribution >= 4 is 29.4 Å². The largest absolute Gasteiger partial charge is 0.480 e. The second kappa shape index (κ2) is 8.30. The van der Waals surface area contributed by atoms with E-state index >= 15 is 0 Å². The Morgan fingerprint density at radius 2 is 1.76 bits per heavy atom. The van der Waals surface area contributed by atoms with E-state index in [9.17, 15) is 19.5 Å². The number of hydrogen-bond acceptors (Lipinski definition) is 3. The first-order valence-corrected chi connectivity index (χ1v) is 7.93. The normalized spacial score (nSPS) is 12.8. The number of carboxylic acid groups (broad SMARTS) is 1. The van der Waals surface area contributed by atoms with Crippen molar-refractivity contribution in [2.45, 2.75) is 17.8 Å². The van der Waals surface area contributed by atoms with Gasteiger partial charge in [-0.1, -0.05) is 42.5 Å². The van der Waals surface area contributed by atoms with Gasteiger partial charge in [0.1, 0.15) is 11.4 Å². The molecule has 2 rings (SSSR count). The van der Waals surface area contributed by atoms with Gasteiger partial charge in [-0.25, -0.2) is 4.79 Å². The third kappa shape index (κ3) is 5.06. The molecule has 7 heteroatoms. The van der Waals surface area contributed by atoms with Crippen LogP contribution >= 0.6 is 11.6 Å². The number of carbonyl (C=O) groups is 3. The molecule has 0 bridgehead atoms. The average molecular weight is 361 g/mol. The fourth-order valence-corrected chi connectivity index (χ4v) is 2.43. The summed E-state index contributed by atoms with van der Waals surface area (Å²) in [6, 6.07) is 13.9. The number of hydrogen-bond donors (Lipinski definition) is 3. The lowest BCUT2D eigenvalue weighted by atomic mass is 10.0. The predicted octanol–water partition coefficient (Wildman–Crippen LogP) is 1.88. The van der Waals surface area contributed by atoms with Gasteiger partial charge in [-0.15, -0.1) is 11.6 Å². The smallest absolute Gasteiger partial charge is 0.326 e. The summed E-state index contributed by atoms with van der Waals surface area (Å²) in [5.74, 6) is -2.44. The molecule has 130 valence electrons. The van der Waals surface area contributed by atoms with Crippen molar-refractivity contribution in [3.63, 3.8) is 0 Å². The molecule has 6 nitrogen and oxygen atoms in total. The Bertz CT molecular complexity index is 780. The second-order valence-corrected chi connectivity index (χ2v) is 5.88. The summed E-state index contributed by atoms with van der Waals surface area (Å²) >= 11 is 5.88. The quantitative estimate of drug-likeness (QED) is 0.655. The van der Waals surface area contributed by atoms with Crippen LogP contribution in [-0.4, -0.2) is 28.9 Å². The molecule has 2 aromatic carbocycles. The molecule has 0 aromatic heterocycles. The minimum atomic E-state index is -1.14. The number of halogens is 1. The molecule has 0 spiro atoms. The van der Waals surface area contributed by atoms with Gasteiger partial charge in [-0.05, 0) is 23.3 Å². The average Bonchev–Trinajstić information content (AvgIpc) is 2.61. The Morgan fingerprint density at radius 1 is 1.08 bits per heavy atom. The molecule has 0 saturated carbocycles. The van der Waals surface area contributed by atoms with E-state index in [-0.39, 0.29) is 12.0 Å². The summed E-state index contributed by atoms with van der Waals surface area (Å²) in [5.41, 5.74) is 6.51. The van der Waals surface area contributed by atoms with E-state index in [0.29, 0.717) is 5.56 Å². The predicted molar refractivity (Wildman–Crippen MR) is 93.3 cm³/mol. The standard InChI is InChI=1S/C18H17ClN2O4/c19-15(16(20)22)12-7-4-8-13(10-12)17(23)21-14(18(24)25)9-11-5-2-1-3-6-11/h1-8,10,14-15H,9H2,(H2,20,22)(H,21,23)(H,24,25)/t14-,15?/m0/s1. The van der Waals surface area contributed by atoms with Crippen molar-refractivity contribution in [2.75, 3.05) is 0 Å². The van der Waals surface area contributed by atoms with Crippen molar-refractivity contribution < 1.29 is 19.5 Å². The molecule has 4 N–H and O–H groups in total. The Hall–Kier alpha value is -2.86. The lowest BCUT2D eigenvalue weighted by Gasteiger charge is -2.15. The molecule has 0 saturated heterocycles. The van der Waals surface area contributed by atoms with Gasteiger partial charge in [0, 0.05) is 12.0 Å². The number of primary amides is 1. The molecule has 2 amide bonds. The van der Waals surface area contributed by atoms with Crippen LogP contribution in [0.4, 0.5) is 0 Å². The molecule has 25 heavy (non-hydrogen) atoms. The molecular formula is C18H17ClN2O4. The lowest BCUT2D eigenvalue weighted by Crippen LogP contribution is -2.42. The Balaban J connectivity index is 2.14. The molecule has 2 atom stereocenters. The van der Waals surface area contributed by atoms with E-state index in [1.54, 1.807) is 36.4 Å². The minimum Gasteiger partial charge on any atom is -0.480 e. The number of amides is 2. The summed E-state index contributed by atoms with van der Waals surface area (Å²) in [4.78, 5) is 35.0. The SMILES string of the molecule is NC(=O)C(Cl)c1cccc(C(=O)N[C@@H](Cc2ccccc2)C(=O)O)c1. The Kier molecular flexibility index (Phi) is 6.14. The van der Waals surface area contributed by atoms with Crippen molar-refractivity contribution in [2.24, 2.45) is 5.73 Å². The highest BCUT2D eigenvalue weighted by molar-refractivity contribution is 6.30. The summed E-state index contributed by atoms with van der Waals surface area (Å²) < 4.78 is 0. The van der Waals surface area contributed by atoms with E-state index in [2.05, 4.69) is 5.32 Å². The first-order valence-electron chi connectivity index (χ1n) is 7.49. The molecule has 0 heterocycles. The molecule has 0 aliphatic rings. The van der Waals surface area contributed by atoms with Crippen molar-refractivity contribution in [1.82, 2.24) is 5.32 Å². The summed E-state index contributed by atoms with van der Waals surface area (Å²) in [7, 11) is 0. The number of alkyl halides is 1. The summed E-state index contributed by atoms with van der Waals surface area (Å²) in [5, 5.41) is 10.8. The van der Waals surface area contributed by atoms with E-state index < -0.39 is 29.2 Å². The zero-order chi connectivity index (χ0) is 18.4. The highest BCUT2D eigenvalue weighted by Gasteiger charge is 2.22. The highest BCUT2D eigenvalue weighted by Crippen LogP contribution is 2.20. The van der Waals surface area contributed by atoms with Crippen LogP contribution in [0.3, 0.4) is 0 Å². The monoisotopic (exact) mass is 360 g/mol. The van der Waals surface area contributed by atoms with Crippen molar-refractivity contribution in [1.29, 1.82) is 0 Å². The molecule has 0 aliphatic heterocycles. The van der Waals surface area contributed by atoms with E-state index in [4.69, 9.17) is 17.3 Å². The summed E-state index contributed by atoms with van der Waals surface area (Å²) in [6.07, 6.45) is 0.154.